The molecule has 4 nitrogen and oxygen atoms in total. The molecular weight excluding hydrogens is 240 g/mol. The van der Waals surface area contributed by atoms with Crippen molar-refractivity contribution in [2.45, 2.75) is 0 Å². The van der Waals surface area contributed by atoms with Crippen LogP contribution in [-0.4, -0.2) is 51.6 Å². The molecule has 1 N–H and O–H groups in total. The van der Waals surface area contributed by atoms with Crippen LogP contribution in [0.3, 0.4) is 0 Å². The zero-order valence-corrected chi connectivity index (χ0v) is 7.87. The minimum atomic E-state index is -5.36. The SMILES string of the molecule is [Ag+].[Ca+2].[O-][Si]([O-])([O-])O. The van der Waals surface area contributed by atoms with Crippen LogP contribution in [-0.2, 0) is 22.4 Å². The van der Waals surface area contributed by atoms with E-state index in [1.807, 2.05) is 0 Å². The van der Waals surface area contributed by atoms with Gasteiger partial charge in [0.1, 0.15) is 0 Å². The molecule has 0 aliphatic heterocycles. The molecule has 7 heavy (non-hydrogen) atoms. The van der Waals surface area contributed by atoms with E-state index in [1.54, 1.807) is 0 Å². The average Bonchev–Trinajstić information content (AvgIpc) is 0.722. The fourth-order valence-electron chi connectivity index (χ4n) is 0. The second-order valence-corrected chi connectivity index (χ2v) is 1.57. The standard InChI is InChI=1S/Ag.Ca.HO4Si/c;;1-5(2,3)4/h;;1H/q+1;+2;-3. The zero-order valence-electron chi connectivity index (χ0n) is 3.18. The number of rotatable bonds is 0. The molecular formula is HAgCaO4Si. The maximum absolute atomic E-state index is 8.69. The molecule has 0 rings (SSSR count). The molecule has 0 aliphatic rings. The fourth-order valence-corrected chi connectivity index (χ4v) is 0. The molecule has 0 aromatic heterocycles. The van der Waals surface area contributed by atoms with Gasteiger partial charge in [0.15, 0.2) is 0 Å². The van der Waals surface area contributed by atoms with Crippen molar-refractivity contribution >= 4 is 46.8 Å². The first-order valence-electron chi connectivity index (χ1n) is 0.836. The summed E-state index contributed by atoms with van der Waals surface area (Å²) in [6, 6.07) is 0. The summed E-state index contributed by atoms with van der Waals surface area (Å²) in [5, 5.41) is 0. The van der Waals surface area contributed by atoms with Crippen molar-refractivity contribution in [2.75, 3.05) is 0 Å². The molecule has 0 bridgehead atoms. The van der Waals surface area contributed by atoms with Crippen molar-refractivity contribution in [3.05, 3.63) is 0 Å². The van der Waals surface area contributed by atoms with Gasteiger partial charge in [-0.05, 0) is 0 Å². The van der Waals surface area contributed by atoms with E-state index in [4.69, 9.17) is 19.2 Å². The molecule has 0 aromatic carbocycles. The third-order valence-corrected chi connectivity index (χ3v) is 0. The van der Waals surface area contributed by atoms with Crippen LogP contribution in [0, 0.1) is 0 Å². The van der Waals surface area contributed by atoms with Gasteiger partial charge in [0.25, 0.3) is 0 Å². The van der Waals surface area contributed by atoms with Gasteiger partial charge in [0, 0.05) is 0 Å². The van der Waals surface area contributed by atoms with Crippen LogP contribution in [0.25, 0.3) is 0 Å². The third-order valence-electron chi connectivity index (χ3n) is 0. The maximum Gasteiger partial charge on any atom is 2.00 e. The van der Waals surface area contributed by atoms with Gasteiger partial charge in [-0.2, -0.15) is 0 Å². The molecule has 0 fully saturated rings. The smallest absolute Gasteiger partial charge is 0.861 e. The minimum Gasteiger partial charge on any atom is -0.861 e. The topological polar surface area (TPSA) is 89.4 Å². The van der Waals surface area contributed by atoms with Crippen LogP contribution in [0.1, 0.15) is 0 Å². The van der Waals surface area contributed by atoms with Crippen molar-refractivity contribution < 1.29 is 41.6 Å². The van der Waals surface area contributed by atoms with E-state index in [0.717, 1.165) is 0 Å². The first kappa shape index (κ1) is 16.0. The van der Waals surface area contributed by atoms with Gasteiger partial charge >= 0.3 is 60.1 Å². The van der Waals surface area contributed by atoms with Crippen LogP contribution in [0.2, 0.25) is 0 Å². The van der Waals surface area contributed by atoms with E-state index in [1.165, 1.54) is 0 Å². The summed E-state index contributed by atoms with van der Waals surface area (Å²) in [4.78, 5) is 33.1. The Kier molecular flexibility index (Phi) is 14.2. The summed E-state index contributed by atoms with van der Waals surface area (Å²) in [6.07, 6.45) is 0. The van der Waals surface area contributed by atoms with Crippen molar-refractivity contribution in [3.63, 3.8) is 0 Å². The van der Waals surface area contributed by atoms with Gasteiger partial charge < -0.3 is 19.2 Å². The molecule has 0 saturated heterocycles. The van der Waals surface area contributed by atoms with Crippen LogP contribution in [0.15, 0.2) is 0 Å². The Bertz CT molecular complexity index is 27.2. The Morgan fingerprint density at radius 2 is 1.14 bits per heavy atom. The van der Waals surface area contributed by atoms with Crippen LogP contribution >= 0.6 is 0 Å². The maximum atomic E-state index is 8.69. The number of hydrogen-bond acceptors (Lipinski definition) is 4. The van der Waals surface area contributed by atoms with Gasteiger partial charge in [-0.25, -0.2) is 0 Å². The largest absolute Gasteiger partial charge is 2.00 e. The summed E-state index contributed by atoms with van der Waals surface area (Å²) in [6.45, 7) is 0. The average molecular weight is 241 g/mol. The molecule has 0 amide bonds. The second-order valence-electron chi connectivity index (χ2n) is 0.524. The summed E-state index contributed by atoms with van der Waals surface area (Å²) < 4.78 is 0. The molecule has 0 unspecified atom stereocenters. The predicted molar refractivity (Wildman–Crippen MR) is 13.7 cm³/mol. The van der Waals surface area contributed by atoms with Gasteiger partial charge in [-0.3, -0.25) is 0 Å². The zero-order chi connectivity index (χ0) is 4.50. The minimum absolute atomic E-state index is 0. The van der Waals surface area contributed by atoms with E-state index >= 15 is 0 Å². The van der Waals surface area contributed by atoms with E-state index in [-0.39, 0.29) is 60.1 Å². The molecule has 0 atom stereocenters. The first-order chi connectivity index (χ1) is 2.00. The Morgan fingerprint density at radius 3 is 1.14 bits per heavy atom. The van der Waals surface area contributed by atoms with Crippen molar-refractivity contribution in [3.8, 4) is 0 Å². The van der Waals surface area contributed by atoms with Crippen molar-refractivity contribution in [1.82, 2.24) is 0 Å². The monoisotopic (exact) mass is 240 g/mol. The molecule has 0 aliphatic carbocycles. The van der Waals surface area contributed by atoms with E-state index in [2.05, 4.69) is 0 Å². The summed E-state index contributed by atoms with van der Waals surface area (Å²) in [7, 11) is -5.36. The molecule has 0 spiro atoms. The van der Waals surface area contributed by atoms with Gasteiger partial charge in [0.05, 0.1) is 0 Å². The molecule has 0 saturated carbocycles. The van der Waals surface area contributed by atoms with Crippen molar-refractivity contribution in [1.29, 1.82) is 0 Å². The Labute approximate surface area is 87.2 Å². The first-order valence-corrected chi connectivity index (χ1v) is 2.51. The summed E-state index contributed by atoms with van der Waals surface area (Å²) in [5.74, 6) is 0. The van der Waals surface area contributed by atoms with Crippen LogP contribution in [0.4, 0.5) is 0 Å². The van der Waals surface area contributed by atoms with Crippen LogP contribution < -0.4 is 14.4 Å². The molecule has 0 heterocycles. The van der Waals surface area contributed by atoms with Gasteiger partial charge in [-0.15, -0.1) is 9.05 Å². The van der Waals surface area contributed by atoms with Gasteiger partial charge in [0.2, 0.25) is 0 Å². The second kappa shape index (κ2) is 6.18. The summed E-state index contributed by atoms with van der Waals surface area (Å²) in [5.41, 5.74) is 0. The van der Waals surface area contributed by atoms with E-state index in [0.29, 0.717) is 0 Å². The predicted octanol–water partition coefficient (Wildman–Crippen LogP) is -4.89. The van der Waals surface area contributed by atoms with E-state index in [9.17, 15) is 0 Å². The molecule has 0 radical (unpaired) electrons. The summed E-state index contributed by atoms with van der Waals surface area (Å²) >= 11 is 0. The Balaban J connectivity index is -0.0000000800. The third kappa shape index (κ3) is 69.9. The van der Waals surface area contributed by atoms with E-state index < -0.39 is 9.05 Å². The molecule has 7 heteroatoms. The Hall–Kier alpha value is 2.06. The quantitative estimate of drug-likeness (QED) is 0.430. The van der Waals surface area contributed by atoms with Crippen LogP contribution in [0.5, 0.6) is 0 Å². The number of hydrogen-bond donors (Lipinski definition) is 1. The van der Waals surface area contributed by atoms with Gasteiger partial charge in [-0.1, -0.05) is 0 Å². The molecule has 0 aromatic rings. The fraction of sp³-hybridized carbons (Fsp3) is 0. The molecule has 42 valence electrons. The Morgan fingerprint density at radius 1 is 1.14 bits per heavy atom. The van der Waals surface area contributed by atoms with Crippen molar-refractivity contribution in [2.24, 2.45) is 0 Å². The normalized spacial score (nSPS) is 8.57.